The van der Waals surface area contributed by atoms with E-state index in [1.54, 1.807) is 0 Å². The first-order valence-electron chi connectivity index (χ1n) is 5.13. The third-order valence-corrected chi connectivity index (χ3v) is 5.33. The van der Waals surface area contributed by atoms with Crippen LogP contribution < -0.4 is 5.32 Å². The summed E-state index contributed by atoms with van der Waals surface area (Å²) in [6, 6.07) is 0. The summed E-state index contributed by atoms with van der Waals surface area (Å²) >= 11 is 2.17. The lowest BCUT2D eigenvalue weighted by Gasteiger charge is -2.42. The van der Waals surface area contributed by atoms with Crippen molar-refractivity contribution in [2.45, 2.75) is 38.0 Å². The molecule has 0 aromatic heterocycles. The normalized spacial score (nSPS) is 48.5. The molecule has 1 aliphatic heterocycles. The third-order valence-electron chi connectivity index (χ3n) is 3.68. The Balaban J connectivity index is 2.11. The van der Waals surface area contributed by atoms with Crippen molar-refractivity contribution in [3.8, 4) is 0 Å². The van der Waals surface area contributed by atoms with E-state index >= 15 is 0 Å². The van der Waals surface area contributed by atoms with Gasteiger partial charge in [0.15, 0.2) is 0 Å². The minimum absolute atomic E-state index is 0.470. The topological polar surface area (TPSA) is 12.0 Å². The Morgan fingerprint density at radius 2 is 2.25 bits per heavy atom. The van der Waals surface area contributed by atoms with Gasteiger partial charge in [0.05, 0.1) is 4.87 Å². The quantitative estimate of drug-likeness (QED) is 0.622. The van der Waals surface area contributed by atoms with E-state index in [-0.39, 0.29) is 0 Å². The third kappa shape index (κ3) is 1.29. The summed E-state index contributed by atoms with van der Waals surface area (Å²) in [6.07, 6.45) is 4.25. The van der Waals surface area contributed by atoms with Crippen LogP contribution in [0.3, 0.4) is 0 Å². The van der Waals surface area contributed by atoms with E-state index in [0.29, 0.717) is 4.87 Å². The van der Waals surface area contributed by atoms with Gasteiger partial charge in [0.2, 0.25) is 0 Å². The number of hydrogen-bond acceptors (Lipinski definition) is 2. The van der Waals surface area contributed by atoms with Gasteiger partial charge in [0.1, 0.15) is 0 Å². The minimum atomic E-state index is 0.470. The molecule has 12 heavy (non-hydrogen) atoms. The lowest BCUT2D eigenvalue weighted by atomic mass is 9.77. The number of nitrogens with one attached hydrogen (secondary N) is 1. The summed E-state index contributed by atoms with van der Waals surface area (Å²) < 4.78 is 0. The molecule has 70 valence electrons. The van der Waals surface area contributed by atoms with Crippen molar-refractivity contribution in [2.75, 3.05) is 12.3 Å². The Bertz CT molecular complexity index is 163. The average Bonchev–Trinajstić information content (AvgIpc) is 2.50. The molecule has 1 nitrogen and oxygen atoms in total. The van der Waals surface area contributed by atoms with Gasteiger partial charge in [0.25, 0.3) is 0 Å². The number of thioether (sulfide) groups is 1. The lowest BCUT2D eigenvalue weighted by Crippen LogP contribution is -2.48. The van der Waals surface area contributed by atoms with Gasteiger partial charge in [-0.2, -0.15) is 0 Å². The largest absolute Gasteiger partial charge is 0.302 e. The van der Waals surface area contributed by atoms with Crippen LogP contribution >= 0.6 is 11.8 Å². The summed E-state index contributed by atoms with van der Waals surface area (Å²) in [5, 5.41) is 3.72. The van der Waals surface area contributed by atoms with Crippen LogP contribution in [0.5, 0.6) is 0 Å². The molecular weight excluding hydrogens is 166 g/mol. The molecule has 0 aromatic carbocycles. The van der Waals surface area contributed by atoms with Gasteiger partial charge in [-0.3, -0.25) is 0 Å². The van der Waals surface area contributed by atoms with Crippen LogP contribution in [0.15, 0.2) is 0 Å². The van der Waals surface area contributed by atoms with Gasteiger partial charge in [0, 0.05) is 12.3 Å². The molecule has 2 rings (SSSR count). The molecule has 0 aromatic rings. The van der Waals surface area contributed by atoms with E-state index in [1.165, 1.54) is 31.6 Å². The van der Waals surface area contributed by atoms with Crippen LogP contribution in [0.4, 0.5) is 0 Å². The van der Waals surface area contributed by atoms with E-state index < -0.39 is 0 Å². The van der Waals surface area contributed by atoms with Crippen molar-refractivity contribution < 1.29 is 0 Å². The molecule has 1 saturated carbocycles. The second kappa shape index (κ2) is 3.22. The van der Waals surface area contributed by atoms with E-state index in [2.05, 4.69) is 30.9 Å². The SMILES string of the molecule is CC1CCCC2(NCCS2)C1C. The molecule has 1 N–H and O–H groups in total. The second-order valence-corrected chi connectivity index (χ2v) is 5.75. The molecule has 3 atom stereocenters. The van der Waals surface area contributed by atoms with Crippen molar-refractivity contribution in [3.05, 3.63) is 0 Å². The maximum absolute atomic E-state index is 3.72. The van der Waals surface area contributed by atoms with E-state index in [4.69, 9.17) is 0 Å². The van der Waals surface area contributed by atoms with E-state index in [9.17, 15) is 0 Å². The fourth-order valence-corrected chi connectivity index (χ4v) is 4.18. The van der Waals surface area contributed by atoms with E-state index in [1.807, 2.05) is 0 Å². The van der Waals surface area contributed by atoms with Crippen LogP contribution in [0.25, 0.3) is 0 Å². The lowest BCUT2D eigenvalue weighted by molar-refractivity contribution is 0.190. The zero-order chi connectivity index (χ0) is 8.60. The highest BCUT2D eigenvalue weighted by Gasteiger charge is 2.43. The summed E-state index contributed by atoms with van der Waals surface area (Å²) in [7, 11) is 0. The average molecular weight is 185 g/mol. The van der Waals surface area contributed by atoms with Crippen LogP contribution in [-0.4, -0.2) is 17.2 Å². The molecule has 3 unspecified atom stereocenters. The van der Waals surface area contributed by atoms with Crippen LogP contribution in [0, 0.1) is 11.8 Å². The Labute approximate surface area is 79.7 Å². The van der Waals surface area contributed by atoms with Gasteiger partial charge in [-0.1, -0.05) is 26.7 Å². The molecule has 0 amide bonds. The summed E-state index contributed by atoms with van der Waals surface area (Å²) in [5.74, 6) is 3.09. The zero-order valence-electron chi connectivity index (χ0n) is 8.10. The minimum Gasteiger partial charge on any atom is -0.302 e. The molecule has 0 radical (unpaired) electrons. The summed E-state index contributed by atoms with van der Waals surface area (Å²) in [5.41, 5.74) is 0. The highest BCUT2D eigenvalue weighted by atomic mass is 32.2. The molecule has 2 fully saturated rings. The number of rotatable bonds is 0. The fraction of sp³-hybridized carbons (Fsp3) is 1.00. The highest BCUT2D eigenvalue weighted by molar-refractivity contribution is 8.00. The Morgan fingerprint density at radius 3 is 2.92 bits per heavy atom. The van der Waals surface area contributed by atoms with Crippen molar-refractivity contribution in [1.29, 1.82) is 0 Å². The monoisotopic (exact) mass is 185 g/mol. The van der Waals surface area contributed by atoms with Gasteiger partial charge in [-0.05, 0) is 18.3 Å². The molecule has 1 heterocycles. The first-order valence-corrected chi connectivity index (χ1v) is 6.12. The summed E-state index contributed by atoms with van der Waals surface area (Å²) in [6.45, 7) is 6.06. The van der Waals surface area contributed by atoms with Crippen LogP contribution in [0.2, 0.25) is 0 Å². The predicted molar refractivity (Wildman–Crippen MR) is 55.4 cm³/mol. The highest BCUT2D eigenvalue weighted by Crippen LogP contribution is 2.46. The van der Waals surface area contributed by atoms with Gasteiger partial charge >= 0.3 is 0 Å². The number of hydrogen-bond donors (Lipinski definition) is 1. The van der Waals surface area contributed by atoms with Crippen molar-refractivity contribution >= 4 is 11.8 Å². The summed E-state index contributed by atoms with van der Waals surface area (Å²) in [4.78, 5) is 0.470. The van der Waals surface area contributed by atoms with Gasteiger partial charge in [-0.25, -0.2) is 0 Å². The predicted octanol–water partition coefficient (Wildman–Crippen LogP) is 2.48. The standard InChI is InChI=1S/C10H19NS/c1-8-4-3-5-10(9(8)2)11-6-7-12-10/h8-9,11H,3-7H2,1-2H3. The van der Waals surface area contributed by atoms with Crippen LogP contribution in [0.1, 0.15) is 33.1 Å². The van der Waals surface area contributed by atoms with Crippen molar-refractivity contribution in [1.82, 2.24) is 5.32 Å². The first-order chi connectivity index (χ1) is 5.75. The van der Waals surface area contributed by atoms with Gasteiger partial charge < -0.3 is 5.32 Å². The van der Waals surface area contributed by atoms with Crippen LogP contribution in [-0.2, 0) is 0 Å². The second-order valence-electron chi connectivity index (χ2n) is 4.32. The van der Waals surface area contributed by atoms with Gasteiger partial charge in [-0.15, -0.1) is 11.8 Å². The Morgan fingerprint density at radius 1 is 1.42 bits per heavy atom. The fourth-order valence-electron chi connectivity index (χ4n) is 2.62. The van der Waals surface area contributed by atoms with Crippen molar-refractivity contribution in [2.24, 2.45) is 11.8 Å². The zero-order valence-corrected chi connectivity index (χ0v) is 8.91. The Kier molecular flexibility index (Phi) is 2.39. The maximum atomic E-state index is 3.72. The smallest absolute Gasteiger partial charge is 0.0674 e. The van der Waals surface area contributed by atoms with Crippen molar-refractivity contribution in [3.63, 3.8) is 0 Å². The first kappa shape index (κ1) is 8.89. The Hall–Kier alpha value is 0.310. The molecule has 2 heteroatoms. The molecule has 1 aliphatic carbocycles. The molecule has 1 saturated heterocycles. The maximum Gasteiger partial charge on any atom is 0.0674 e. The molecule has 1 spiro atoms. The molecule has 0 bridgehead atoms. The molecular formula is C10H19NS. The van der Waals surface area contributed by atoms with E-state index in [0.717, 1.165) is 11.8 Å². The molecule has 2 aliphatic rings.